The molecule has 0 fully saturated rings. The molecule has 19 heavy (non-hydrogen) atoms. The third-order valence-electron chi connectivity index (χ3n) is 3.40. The van der Waals surface area contributed by atoms with Crippen molar-refractivity contribution >= 4 is 11.4 Å². The second-order valence-corrected chi connectivity index (χ2v) is 6.07. The Kier molecular flexibility index (Phi) is 5.23. The Bertz CT molecular complexity index is 456. The van der Waals surface area contributed by atoms with E-state index in [1.54, 1.807) is 0 Å². The Balaban J connectivity index is 2.66. The number of nitrogens with one attached hydrogen (secondary N) is 1. The minimum atomic E-state index is 0.141. The average molecular weight is 259 g/mol. The van der Waals surface area contributed by atoms with Gasteiger partial charge >= 0.3 is 0 Å². The zero-order chi connectivity index (χ0) is 14.5. The highest BCUT2D eigenvalue weighted by molar-refractivity contribution is 5.59. The third-order valence-corrected chi connectivity index (χ3v) is 3.40. The van der Waals surface area contributed by atoms with E-state index in [4.69, 9.17) is 5.26 Å². The van der Waals surface area contributed by atoms with Gasteiger partial charge in [-0.3, -0.25) is 0 Å². The molecule has 0 heterocycles. The quantitative estimate of drug-likeness (QED) is 0.844. The van der Waals surface area contributed by atoms with Gasteiger partial charge in [0.05, 0.1) is 6.07 Å². The summed E-state index contributed by atoms with van der Waals surface area (Å²) in [5, 5.41) is 12.2. The predicted molar refractivity (Wildman–Crippen MR) is 82.6 cm³/mol. The number of rotatable bonds is 6. The molecule has 0 spiro atoms. The van der Waals surface area contributed by atoms with E-state index in [-0.39, 0.29) is 5.41 Å². The van der Waals surface area contributed by atoms with Crippen molar-refractivity contribution in [2.75, 3.05) is 30.9 Å². The van der Waals surface area contributed by atoms with Crippen LogP contribution >= 0.6 is 0 Å². The van der Waals surface area contributed by atoms with Crippen LogP contribution in [0.3, 0.4) is 0 Å². The molecule has 0 unspecified atom stereocenters. The highest BCUT2D eigenvalue weighted by atomic mass is 15.1. The Morgan fingerprint density at radius 1 is 1.32 bits per heavy atom. The monoisotopic (exact) mass is 259 g/mol. The third kappa shape index (κ3) is 4.82. The lowest BCUT2D eigenvalue weighted by atomic mass is 9.88. The fourth-order valence-electron chi connectivity index (χ4n) is 1.94. The topological polar surface area (TPSA) is 39.1 Å². The molecule has 1 aromatic rings. The molecule has 0 aliphatic carbocycles. The molecule has 0 saturated heterocycles. The Morgan fingerprint density at radius 2 is 2.00 bits per heavy atom. The van der Waals surface area contributed by atoms with Crippen molar-refractivity contribution in [3.63, 3.8) is 0 Å². The van der Waals surface area contributed by atoms with E-state index in [1.807, 2.05) is 14.1 Å². The number of aryl methyl sites for hydroxylation is 1. The van der Waals surface area contributed by atoms with Gasteiger partial charge in [-0.05, 0) is 42.5 Å². The summed E-state index contributed by atoms with van der Waals surface area (Å²) in [6, 6.07) is 8.66. The molecule has 3 nitrogen and oxygen atoms in total. The van der Waals surface area contributed by atoms with Gasteiger partial charge in [-0.25, -0.2) is 0 Å². The number of nitriles is 1. The predicted octanol–water partition coefficient (Wildman–Crippen LogP) is 3.80. The molecule has 104 valence electrons. The van der Waals surface area contributed by atoms with E-state index in [0.717, 1.165) is 13.0 Å². The summed E-state index contributed by atoms with van der Waals surface area (Å²) >= 11 is 0. The fourth-order valence-corrected chi connectivity index (χ4v) is 1.94. The molecule has 0 atom stereocenters. The second-order valence-electron chi connectivity index (χ2n) is 6.07. The van der Waals surface area contributed by atoms with Gasteiger partial charge in [-0.15, -0.1) is 0 Å². The van der Waals surface area contributed by atoms with E-state index in [0.29, 0.717) is 6.42 Å². The molecule has 1 N–H and O–H groups in total. The summed E-state index contributed by atoms with van der Waals surface area (Å²) in [6.07, 6.45) is 1.54. The van der Waals surface area contributed by atoms with Gasteiger partial charge in [0, 0.05) is 38.4 Å². The van der Waals surface area contributed by atoms with E-state index < -0.39 is 0 Å². The highest BCUT2D eigenvalue weighted by Crippen LogP contribution is 2.25. The molecule has 1 aromatic carbocycles. The van der Waals surface area contributed by atoms with Crippen molar-refractivity contribution in [3.05, 3.63) is 23.8 Å². The van der Waals surface area contributed by atoms with Crippen LogP contribution in [0.5, 0.6) is 0 Å². The maximum atomic E-state index is 8.67. The standard InChI is InChI=1S/C16H25N3/c1-13-11-14(19(4)5)7-8-15(13)18-12-16(2,3)9-6-10-17/h7-8,11,18H,6,9,12H2,1-5H3. The molecule has 0 bridgehead atoms. The van der Waals surface area contributed by atoms with Crippen LogP contribution in [0, 0.1) is 23.7 Å². The van der Waals surface area contributed by atoms with Crippen LogP contribution in [-0.4, -0.2) is 20.6 Å². The first-order chi connectivity index (χ1) is 8.85. The molecular formula is C16H25N3. The molecule has 0 aliphatic rings. The van der Waals surface area contributed by atoms with Crippen LogP contribution in [0.2, 0.25) is 0 Å². The summed E-state index contributed by atoms with van der Waals surface area (Å²) in [7, 11) is 4.10. The number of hydrogen-bond acceptors (Lipinski definition) is 3. The van der Waals surface area contributed by atoms with Gasteiger partial charge in [-0.2, -0.15) is 5.26 Å². The van der Waals surface area contributed by atoms with Crippen molar-refractivity contribution in [1.82, 2.24) is 0 Å². The lowest BCUT2D eigenvalue weighted by molar-refractivity contribution is 0.364. The lowest BCUT2D eigenvalue weighted by Gasteiger charge is -2.25. The molecular weight excluding hydrogens is 234 g/mol. The normalized spacial score (nSPS) is 10.9. The lowest BCUT2D eigenvalue weighted by Crippen LogP contribution is -2.23. The zero-order valence-electron chi connectivity index (χ0n) is 12.7. The molecule has 3 heteroatoms. The maximum Gasteiger partial charge on any atom is 0.0621 e. The van der Waals surface area contributed by atoms with Gasteiger partial charge in [0.25, 0.3) is 0 Å². The summed E-state index contributed by atoms with van der Waals surface area (Å²) in [5.74, 6) is 0. The highest BCUT2D eigenvalue weighted by Gasteiger charge is 2.17. The summed E-state index contributed by atoms with van der Waals surface area (Å²) in [5.41, 5.74) is 3.78. The van der Waals surface area contributed by atoms with Crippen LogP contribution in [0.15, 0.2) is 18.2 Å². The largest absolute Gasteiger partial charge is 0.384 e. The van der Waals surface area contributed by atoms with Crippen molar-refractivity contribution < 1.29 is 0 Å². The van der Waals surface area contributed by atoms with Gasteiger partial charge in [0.2, 0.25) is 0 Å². The van der Waals surface area contributed by atoms with Gasteiger partial charge < -0.3 is 10.2 Å². The summed E-state index contributed by atoms with van der Waals surface area (Å²) in [4.78, 5) is 2.10. The first-order valence-corrected chi connectivity index (χ1v) is 6.74. The number of nitrogens with zero attached hydrogens (tertiary/aromatic N) is 2. The summed E-state index contributed by atoms with van der Waals surface area (Å²) in [6.45, 7) is 7.40. The SMILES string of the molecule is Cc1cc(N(C)C)ccc1NCC(C)(C)CCC#N. The van der Waals surface area contributed by atoms with Crippen LogP contribution < -0.4 is 10.2 Å². The molecule has 1 rings (SSSR count). The first-order valence-electron chi connectivity index (χ1n) is 6.74. The minimum absolute atomic E-state index is 0.141. The van der Waals surface area contributed by atoms with Crippen LogP contribution in [-0.2, 0) is 0 Å². The number of hydrogen-bond donors (Lipinski definition) is 1. The Labute approximate surface area is 117 Å². The number of anilines is 2. The van der Waals surface area contributed by atoms with Crippen molar-refractivity contribution in [2.45, 2.75) is 33.6 Å². The number of benzene rings is 1. The molecule has 0 radical (unpaired) electrons. The minimum Gasteiger partial charge on any atom is -0.384 e. The van der Waals surface area contributed by atoms with Gasteiger partial charge in [0.15, 0.2) is 0 Å². The maximum absolute atomic E-state index is 8.67. The molecule has 0 saturated carbocycles. The molecule has 0 aromatic heterocycles. The zero-order valence-corrected chi connectivity index (χ0v) is 12.7. The average Bonchev–Trinajstić information content (AvgIpc) is 2.35. The van der Waals surface area contributed by atoms with E-state index in [2.05, 4.69) is 55.3 Å². The van der Waals surface area contributed by atoms with Crippen molar-refractivity contribution in [1.29, 1.82) is 5.26 Å². The van der Waals surface area contributed by atoms with Crippen LogP contribution in [0.4, 0.5) is 11.4 Å². The van der Waals surface area contributed by atoms with Gasteiger partial charge in [0.1, 0.15) is 0 Å². The first kappa shape index (κ1) is 15.4. The molecule has 0 aliphatic heterocycles. The Hall–Kier alpha value is -1.69. The van der Waals surface area contributed by atoms with Crippen LogP contribution in [0.1, 0.15) is 32.3 Å². The second kappa shape index (κ2) is 6.47. The van der Waals surface area contributed by atoms with Crippen molar-refractivity contribution in [2.24, 2.45) is 5.41 Å². The van der Waals surface area contributed by atoms with E-state index >= 15 is 0 Å². The smallest absolute Gasteiger partial charge is 0.0621 e. The Morgan fingerprint density at radius 3 is 2.53 bits per heavy atom. The van der Waals surface area contributed by atoms with Crippen molar-refractivity contribution in [3.8, 4) is 6.07 Å². The molecule has 0 amide bonds. The van der Waals surface area contributed by atoms with E-state index in [9.17, 15) is 0 Å². The van der Waals surface area contributed by atoms with Crippen LogP contribution in [0.25, 0.3) is 0 Å². The van der Waals surface area contributed by atoms with Gasteiger partial charge in [-0.1, -0.05) is 13.8 Å². The van der Waals surface area contributed by atoms with E-state index in [1.165, 1.54) is 16.9 Å². The summed E-state index contributed by atoms with van der Waals surface area (Å²) < 4.78 is 0. The fraction of sp³-hybridized carbons (Fsp3) is 0.562.